The molecule has 0 amide bonds. The smallest absolute Gasteiger partial charge is 0.0620 e. The van der Waals surface area contributed by atoms with Gasteiger partial charge in [-0.05, 0) is 36.4 Å². The van der Waals surface area contributed by atoms with Crippen molar-refractivity contribution in [2.75, 3.05) is 0 Å². The maximum atomic E-state index is 10.5. The van der Waals surface area contributed by atoms with E-state index in [4.69, 9.17) is 0 Å². The summed E-state index contributed by atoms with van der Waals surface area (Å²) in [7, 11) is -0.877. The van der Waals surface area contributed by atoms with Gasteiger partial charge in [-0.3, -0.25) is 0 Å². The van der Waals surface area contributed by atoms with E-state index in [0.29, 0.717) is 0 Å². The van der Waals surface area contributed by atoms with Gasteiger partial charge in [0.2, 0.25) is 0 Å². The van der Waals surface area contributed by atoms with Gasteiger partial charge in [-0.1, -0.05) is 54.6 Å². The molecule has 0 fully saturated rings. The van der Waals surface area contributed by atoms with Gasteiger partial charge in [-0.25, -0.2) is 0 Å². The molecule has 0 saturated carbocycles. The Hall–Kier alpha value is -1.57. The largest absolute Gasteiger partial charge is 0.102 e. The second-order valence-electron chi connectivity index (χ2n) is 6.12. The van der Waals surface area contributed by atoms with E-state index in [1.54, 1.807) is 0 Å². The zero-order chi connectivity index (χ0) is 20.4. The van der Waals surface area contributed by atoms with Crippen molar-refractivity contribution in [1.82, 2.24) is 0 Å². The molecule has 3 aromatic carbocycles. The van der Waals surface area contributed by atoms with Gasteiger partial charge < -0.3 is 0 Å². The molecular formula is C24H23AuO2PSe+. The van der Waals surface area contributed by atoms with Gasteiger partial charge in [-0.2, -0.15) is 0 Å². The van der Waals surface area contributed by atoms with Gasteiger partial charge in [0.15, 0.2) is 0 Å². The van der Waals surface area contributed by atoms with Crippen molar-refractivity contribution in [3.05, 3.63) is 102 Å². The van der Waals surface area contributed by atoms with Crippen LogP contribution in [0.15, 0.2) is 102 Å². The number of Topliss-reactive ketones (excluding diaryl/α,β-unsaturated/α-hetero) is 2. The van der Waals surface area contributed by atoms with Crippen molar-refractivity contribution >= 4 is 51.4 Å². The predicted octanol–water partition coefficient (Wildman–Crippen LogP) is 3.39. The molecule has 29 heavy (non-hydrogen) atoms. The number of allylic oxidation sites excluding steroid dienone is 1. The van der Waals surface area contributed by atoms with Gasteiger partial charge in [0.05, 0.1) is 7.92 Å². The van der Waals surface area contributed by atoms with E-state index in [2.05, 4.69) is 107 Å². The molecule has 0 N–H and O–H groups in total. The first-order valence-electron chi connectivity index (χ1n) is 8.91. The number of carbonyl (C=O) groups excluding carboxylic acids is 2. The van der Waals surface area contributed by atoms with E-state index in [9.17, 15) is 9.59 Å². The monoisotopic (exact) mass is 651 g/mol. The summed E-state index contributed by atoms with van der Waals surface area (Å²) in [6, 6.07) is 32.5. The van der Waals surface area contributed by atoms with Crippen LogP contribution in [0.5, 0.6) is 0 Å². The second kappa shape index (κ2) is 13.6. The molecule has 152 valence electrons. The molecule has 0 aliphatic heterocycles. The fourth-order valence-corrected chi connectivity index (χ4v) is 6.00. The van der Waals surface area contributed by atoms with Crippen molar-refractivity contribution in [1.29, 1.82) is 0 Å². The van der Waals surface area contributed by atoms with E-state index in [-0.39, 0.29) is 39.5 Å². The molecule has 0 aliphatic rings. The van der Waals surface area contributed by atoms with Crippen molar-refractivity contribution in [3.8, 4) is 0 Å². The van der Waals surface area contributed by atoms with Crippen LogP contribution in [0.2, 0.25) is 0 Å². The van der Waals surface area contributed by atoms with Crippen LogP contribution in [0, 0.1) is 0 Å². The number of benzene rings is 3. The predicted molar refractivity (Wildman–Crippen MR) is 122 cm³/mol. The van der Waals surface area contributed by atoms with Crippen LogP contribution in [0.1, 0.15) is 13.8 Å². The van der Waals surface area contributed by atoms with Crippen LogP contribution >= 0.6 is 7.92 Å². The van der Waals surface area contributed by atoms with Crippen molar-refractivity contribution in [2.24, 2.45) is 0 Å². The summed E-state index contributed by atoms with van der Waals surface area (Å²) in [5.74, 6) is -0.387. The summed E-state index contributed by atoms with van der Waals surface area (Å²) in [5, 5.41) is 4.31. The summed E-state index contributed by atoms with van der Waals surface area (Å²) in [4.78, 5) is 22.4. The molecule has 0 bridgehead atoms. The van der Waals surface area contributed by atoms with Crippen molar-refractivity contribution in [2.45, 2.75) is 13.8 Å². The number of rotatable bonds is 5. The SMILES string of the molecule is CC(=O)C(=C[Se])C(C)=O.[Au].c1ccc([PH+](c2ccccc2)c2ccccc2)cc1. The molecule has 5 heteroatoms. The Balaban J connectivity index is 0.000000362. The Morgan fingerprint density at radius 3 is 1.10 bits per heavy atom. The van der Waals surface area contributed by atoms with Gasteiger partial charge in [0.25, 0.3) is 0 Å². The van der Waals surface area contributed by atoms with Crippen LogP contribution in [-0.4, -0.2) is 27.6 Å². The molecule has 0 spiro atoms. The summed E-state index contributed by atoms with van der Waals surface area (Å²) < 4.78 is 0. The standard InChI is InChI=1S/C18H15P.C6H7O2Se.Au/c1-4-10-16(11-5-1)19(17-12-6-2-7-13-17)18-14-8-3-9-15-18;1-4(7)6(3-9)5(2)8;/h1-15H;3H,1-2H3;/p+1. The maximum Gasteiger partial charge on any atom is 0.102 e. The summed E-state index contributed by atoms with van der Waals surface area (Å²) in [6.45, 7) is 2.73. The number of ketones is 2. The van der Waals surface area contributed by atoms with Crippen LogP contribution in [0.25, 0.3) is 0 Å². The van der Waals surface area contributed by atoms with Gasteiger partial charge >= 0.3 is 61.6 Å². The summed E-state index contributed by atoms with van der Waals surface area (Å²) >= 11 is 2.50. The first kappa shape index (κ1) is 25.5. The molecule has 0 aliphatic carbocycles. The number of carbonyl (C=O) groups is 2. The number of hydrogen-bond donors (Lipinski definition) is 0. The van der Waals surface area contributed by atoms with Crippen molar-refractivity contribution < 1.29 is 32.0 Å². The topological polar surface area (TPSA) is 34.1 Å². The Labute approximate surface area is 197 Å². The Bertz CT molecular complexity index is 819. The normalized spacial score (nSPS) is 9.48. The fourth-order valence-electron chi connectivity index (χ4n) is 2.73. The zero-order valence-electron chi connectivity index (χ0n) is 16.3. The zero-order valence-corrected chi connectivity index (χ0v) is 21.1. The summed E-state index contributed by atoms with van der Waals surface area (Å²) in [5.41, 5.74) is 0.231. The van der Waals surface area contributed by atoms with E-state index in [0.717, 1.165) is 0 Å². The Morgan fingerprint density at radius 2 is 0.931 bits per heavy atom. The third-order valence-electron chi connectivity index (χ3n) is 4.06. The minimum atomic E-state index is -0.877. The van der Waals surface area contributed by atoms with Crippen LogP contribution < -0.4 is 15.9 Å². The van der Waals surface area contributed by atoms with Crippen LogP contribution in [-0.2, 0) is 32.0 Å². The maximum absolute atomic E-state index is 10.5. The van der Waals surface area contributed by atoms with Gasteiger partial charge in [-0.15, -0.1) is 0 Å². The minimum absolute atomic E-state index is 0. The molecule has 3 rings (SSSR count). The molecule has 2 nitrogen and oxygen atoms in total. The Kier molecular flexibility index (Phi) is 12.0. The Morgan fingerprint density at radius 1 is 0.655 bits per heavy atom. The molecule has 3 aromatic rings. The molecular weight excluding hydrogens is 627 g/mol. The summed E-state index contributed by atoms with van der Waals surface area (Å²) in [6.07, 6.45) is 0. The van der Waals surface area contributed by atoms with E-state index >= 15 is 0 Å². The van der Waals surface area contributed by atoms with E-state index < -0.39 is 7.92 Å². The molecule has 0 saturated heterocycles. The molecule has 0 atom stereocenters. The first-order valence-corrected chi connectivity index (χ1v) is 11.4. The quantitative estimate of drug-likeness (QED) is 0.140. The molecule has 0 aromatic heterocycles. The first-order chi connectivity index (χ1) is 13.5. The third kappa shape index (κ3) is 7.99. The molecule has 0 unspecified atom stereocenters. The number of hydrogen-bond acceptors (Lipinski definition) is 2. The molecule has 2 radical (unpaired) electrons. The third-order valence-corrected chi connectivity index (χ3v) is 7.29. The fraction of sp³-hybridized carbons (Fsp3) is 0.0833. The van der Waals surface area contributed by atoms with Crippen molar-refractivity contribution in [3.63, 3.8) is 0 Å². The average Bonchev–Trinajstić information content (AvgIpc) is 2.71. The van der Waals surface area contributed by atoms with Crippen LogP contribution in [0.4, 0.5) is 0 Å². The average molecular weight is 650 g/mol. The molecule has 0 heterocycles. The van der Waals surface area contributed by atoms with E-state index in [1.165, 1.54) is 34.7 Å². The van der Waals surface area contributed by atoms with Gasteiger partial charge in [0.1, 0.15) is 15.9 Å². The van der Waals surface area contributed by atoms with E-state index in [1.807, 2.05) is 0 Å². The minimum Gasteiger partial charge on any atom is -0.0620 e. The van der Waals surface area contributed by atoms with Crippen LogP contribution in [0.3, 0.4) is 0 Å². The van der Waals surface area contributed by atoms with Gasteiger partial charge in [0, 0.05) is 22.4 Å². The second-order valence-corrected chi connectivity index (χ2v) is 9.09.